The molecule has 0 radical (unpaired) electrons. The number of hydrogen-bond acceptors (Lipinski definition) is 4. The van der Waals surface area contributed by atoms with Gasteiger partial charge in [-0.25, -0.2) is 13.4 Å². The van der Waals surface area contributed by atoms with E-state index in [0.29, 0.717) is 26.2 Å². The normalized spacial score (nSPS) is 22.3. The fraction of sp³-hybridized carbons (Fsp3) is 0.700. The third kappa shape index (κ3) is 2.27. The molecule has 1 atom stereocenters. The van der Waals surface area contributed by atoms with Crippen molar-refractivity contribution in [1.82, 2.24) is 13.9 Å². The molecule has 1 fully saturated rings. The average molecular weight is 294 g/mol. The largest absolute Gasteiger partial charge is 0.378 e. The second kappa shape index (κ2) is 5.16. The number of nitrogens with zero attached hydrogens (tertiary/aromatic N) is 3. The second-order valence-corrected chi connectivity index (χ2v) is 6.37. The molecule has 1 unspecified atom stereocenters. The maximum absolute atomic E-state index is 12.5. The number of hydrogen-bond donors (Lipinski definition) is 0. The van der Waals surface area contributed by atoms with Gasteiger partial charge >= 0.3 is 0 Å². The van der Waals surface area contributed by atoms with Crippen molar-refractivity contribution in [2.45, 2.75) is 24.4 Å². The molecule has 8 heteroatoms. The Balaban J connectivity index is 2.38. The van der Waals surface area contributed by atoms with Crippen LogP contribution in [0.25, 0.3) is 0 Å². The summed E-state index contributed by atoms with van der Waals surface area (Å²) < 4.78 is 33.2. The van der Waals surface area contributed by atoms with E-state index >= 15 is 0 Å². The van der Waals surface area contributed by atoms with Crippen molar-refractivity contribution in [3.05, 3.63) is 11.5 Å². The zero-order valence-corrected chi connectivity index (χ0v) is 11.9. The first kappa shape index (κ1) is 13.8. The Hall–Kier alpha value is -0.630. The van der Waals surface area contributed by atoms with Crippen LogP contribution in [0.2, 0.25) is 5.15 Å². The van der Waals surface area contributed by atoms with Crippen LogP contribution in [0.3, 0.4) is 0 Å². The molecule has 18 heavy (non-hydrogen) atoms. The summed E-state index contributed by atoms with van der Waals surface area (Å²) in [6.07, 6.45) is 2.10. The van der Waals surface area contributed by atoms with Gasteiger partial charge in [-0.2, -0.15) is 4.31 Å². The molecule has 2 heterocycles. The fourth-order valence-electron chi connectivity index (χ4n) is 1.96. The van der Waals surface area contributed by atoms with Crippen LogP contribution in [0.5, 0.6) is 0 Å². The highest BCUT2D eigenvalue weighted by Crippen LogP contribution is 2.26. The lowest BCUT2D eigenvalue weighted by Gasteiger charge is -2.33. The van der Waals surface area contributed by atoms with E-state index in [0.717, 1.165) is 0 Å². The minimum absolute atomic E-state index is 0.0768. The average Bonchev–Trinajstić information content (AvgIpc) is 2.70. The van der Waals surface area contributed by atoms with E-state index in [-0.39, 0.29) is 16.2 Å². The highest BCUT2D eigenvalue weighted by Gasteiger charge is 2.36. The van der Waals surface area contributed by atoms with Crippen LogP contribution in [0.4, 0.5) is 0 Å². The van der Waals surface area contributed by atoms with Gasteiger partial charge in [-0.1, -0.05) is 18.5 Å². The van der Waals surface area contributed by atoms with Crippen LogP contribution in [0.1, 0.15) is 13.3 Å². The molecule has 1 saturated heterocycles. The first-order chi connectivity index (χ1) is 8.48. The molecule has 0 aromatic carbocycles. The Morgan fingerprint density at radius 2 is 2.33 bits per heavy atom. The monoisotopic (exact) mass is 293 g/mol. The van der Waals surface area contributed by atoms with Gasteiger partial charge in [0.2, 0.25) is 5.03 Å². The minimum Gasteiger partial charge on any atom is -0.378 e. The van der Waals surface area contributed by atoms with Gasteiger partial charge in [-0.3, -0.25) is 0 Å². The third-order valence-electron chi connectivity index (χ3n) is 3.03. The van der Waals surface area contributed by atoms with Crippen molar-refractivity contribution >= 4 is 21.6 Å². The Kier molecular flexibility index (Phi) is 3.96. The summed E-state index contributed by atoms with van der Waals surface area (Å²) in [5, 5.41) is 0.0587. The maximum atomic E-state index is 12.5. The SMILES string of the molecule is CCC1COCCN1S(=O)(=O)c1ncn(C)c1Cl. The van der Waals surface area contributed by atoms with E-state index in [1.54, 1.807) is 7.05 Å². The highest BCUT2D eigenvalue weighted by molar-refractivity contribution is 7.89. The number of ether oxygens (including phenoxy) is 1. The Labute approximate surface area is 112 Å². The van der Waals surface area contributed by atoms with E-state index < -0.39 is 10.0 Å². The zero-order chi connectivity index (χ0) is 13.3. The molecule has 1 aliphatic heterocycles. The number of sulfonamides is 1. The molecule has 0 amide bonds. The predicted molar refractivity (Wildman–Crippen MR) is 67.0 cm³/mol. The van der Waals surface area contributed by atoms with Crippen LogP contribution in [-0.4, -0.2) is 48.1 Å². The number of imidazole rings is 1. The molecular formula is C10H16ClN3O3S. The highest BCUT2D eigenvalue weighted by atomic mass is 35.5. The topological polar surface area (TPSA) is 64.4 Å². The quantitative estimate of drug-likeness (QED) is 0.830. The smallest absolute Gasteiger partial charge is 0.264 e. The molecule has 0 N–H and O–H groups in total. The molecule has 0 saturated carbocycles. The fourth-order valence-corrected chi connectivity index (χ4v) is 4.02. The lowest BCUT2D eigenvalue weighted by atomic mass is 10.2. The molecule has 2 rings (SSSR count). The van der Waals surface area contributed by atoms with Crippen LogP contribution in [-0.2, 0) is 21.8 Å². The number of aryl methyl sites for hydroxylation is 1. The molecule has 0 aliphatic carbocycles. The van der Waals surface area contributed by atoms with Crippen molar-refractivity contribution in [2.24, 2.45) is 7.05 Å². The molecule has 102 valence electrons. The molecule has 0 bridgehead atoms. The summed E-state index contributed by atoms with van der Waals surface area (Å²) in [6.45, 7) is 3.09. The third-order valence-corrected chi connectivity index (χ3v) is 5.48. The lowest BCUT2D eigenvalue weighted by Crippen LogP contribution is -2.48. The summed E-state index contributed by atoms with van der Waals surface area (Å²) in [4.78, 5) is 3.89. The van der Waals surface area contributed by atoms with Gasteiger partial charge < -0.3 is 9.30 Å². The second-order valence-electron chi connectivity index (χ2n) is 4.20. The van der Waals surface area contributed by atoms with Crippen LogP contribution < -0.4 is 0 Å². The number of halogens is 1. The Morgan fingerprint density at radius 1 is 1.61 bits per heavy atom. The van der Waals surface area contributed by atoms with Crippen molar-refractivity contribution < 1.29 is 13.2 Å². The van der Waals surface area contributed by atoms with E-state index in [4.69, 9.17) is 16.3 Å². The lowest BCUT2D eigenvalue weighted by molar-refractivity contribution is 0.0313. The first-order valence-corrected chi connectivity index (χ1v) is 7.56. The van der Waals surface area contributed by atoms with Gasteiger partial charge in [0.1, 0.15) is 5.15 Å². The minimum atomic E-state index is -3.64. The molecule has 1 aliphatic rings. The van der Waals surface area contributed by atoms with Crippen LogP contribution >= 0.6 is 11.6 Å². The summed E-state index contributed by atoms with van der Waals surface area (Å²) >= 11 is 5.97. The van der Waals surface area contributed by atoms with Crippen LogP contribution in [0, 0.1) is 0 Å². The number of rotatable bonds is 3. The summed E-state index contributed by atoms with van der Waals surface area (Å²) in [5.74, 6) is 0. The number of morpholine rings is 1. The van der Waals surface area contributed by atoms with Crippen LogP contribution in [0.15, 0.2) is 11.4 Å². The molecule has 1 aromatic rings. The maximum Gasteiger partial charge on any atom is 0.264 e. The molecule has 1 aromatic heterocycles. The van der Waals surface area contributed by atoms with Gasteiger partial charge in [0.25, 0.3) is 10.0 Å². The van der Waals surface area contributed by atoms with E-state index in [2.05, 4.69) is 4.98 Å². The Bertz CT molecular complexity index is 528. The Morgan fingerprint density at radius 3 is 2.89 bits per heavy atom. The van der Waals surface area contributed by atoms with Gasteiger partial charge in [0.05, 0.1) is 19.5 Å². The van der Waals surface area contributed by atoms with Crippen molar-refractivity contribution in [1.29, 1.82) is 0 Å². The number of aromatic nitrogens is 2. The van der Waals surface area contributed by atoms with Gasteiger partial charge in [0, 0.05) is 19.6 Å². The summed E-state index contributed by atoms with van der Waals surface area (Å²) in [6, 6.07) is -0.151. The standard InChI is InChI=1S/C10H16ClN3O3S/c1-3-8-6-17-5-4-14(8)18(15,16)10-9(11)13(2)7-12-10/h7-8H,3-6H2,1-2H3. The van der Waals surface area contributed by atoms with E-state index in [1.807, 2.05) is 6.92 Å². The van der Waals surface area contributed by atoms with Gasteiger partial charge in [0.15, 0.2) is 0 Å². The summed E-state index contributed by atoms with van der Waals surface area (Å²) in [7, 11) is -1.99. The van der Waals surface area contributed by atoms with Crippen molar-refractivity contribution in [2.75, 3.05) is 19.8 Å². The first-order valence-electron chi connectivity index (χ1n) is 5.75. The van der Waals surface area contributed by atoms with Crippen molar-refractivity contribution in [3.8, 4) is 0 Å². The zero-order valence-electron chi connectivity index (χ0n) is 10.3. The molecule has 0 spiro atoms. The van der Waals surface area contributed by atoms with Gasteiger partial charge in [-0.05, 0) is 6.42 Å². The predicted octanol–water partition coefficient (Wildman–Crippen LogP) is 0.873. The van der Waals surface area contributed by atoms with E-state index in [9.17, 15) is 8.42 Å². The van der Waals surface area contributed by atoms with E-state index in [1.165, 1.54) is 15.2 Å². The summed E-state index contributed by atoms with van der Waals surface area (Å²) in [5.41, 5.74) is 0. The molecular weight excluding hydrogens is 278 g/mol. The van der Waals surface area contributed by atoms with Crippen molar-refractivity contribution in [3.63, 3.8) is 0 Å². The van der Waals surface area contributed by atoms with Gasteiger partial charge in [-0.15, -0.1) is 0 Å². The molecule has 6 nitrogen and oxygen atoms in total.